The van der Waals surface area contributed by atoms with Gasteiger partial charge in [-0.1, -0.05) is 48.1 Å². The lowest BCUT2D eigenvalue weighted by Crippen LogP contribution is -1.81. The van der Waals surface area contributed by atoms with Crippen molar-refractivity contribution < 1.29 is 0 Å². The first-order valence-corrected chi connectivity index (χ1v) is 5.22. The Balaban J connectivity index is 2.60. The summed E-state index contributed by atoms with van der Waals surface area (Å²) >= 11 is 17.7. The molecule has 0 radical (unpaired) electrons. The molecular weight excluding hydrogens is 214 g/mol. The van der Waals surface area contributed by atoms with Crippen LogP contribution in [0, 0.1) is 0 Å². The molecule has 0 fully saturated rings. The summed E-state index contributed by atoms with van der Waals surface area (Å²) in [6, 6.07) is 0. The Hall–Kier alpha value is 0.350. The first-order chi connectivity index (χ1) is 5.66. The van der Waals surface area contributed by atoms with Crippen molar-refractivity contribution in [2.45, 2.75) is 32.6 Å². The second kappa shape index (κ2) is 4.55. The second-order valence-corrected chi connectivity index (χ2v) is 4.13. The quantitative estimate of drug-likeness (QED) is 0.649. The fraction of sp³-hybridized carbons (Fsp3) is 0.556. The fourth-order valence-corrected chi connectivity index (χ4v) is 1.99. The fourth-order valence-electron chi connectivity index (χ4n) is 1.21. The molecule has 12 heavy (non-hydrogen) atoms. The smallest absolute Gasteiger partial charge is 0.0740 e. The maximum atomic E-state index is 5.96. The summed E-state index contributed by atoms with van der Waals surface area (Å²) in [5.74, 6) is 0. The molecule has 1 aliphatic carbocycles. The number of allylic oxidation sites excluding steroid dienone is 4. The molecule has 0 amide bonds. The largest absolute Gasteiger partial charge is 0.0871 e. The van der Waals surface area contributed by atoms with Crippen LogP contribution in [0.4, 0.5) is 0 Å². The van der Waals surface area contributed by atoms with Gasteiger partial charge >= 0.3 is 0 Å². The van der Waals surface area contributed by atoms with Crippen molar-refractivity contribution in [1.82, 2.24) is 0 Å². The summed E-state index contributed by atoms with van der Waals surface area (Å²) in [5, 5.41) is 1.91. The van der Waals surface area contributed by atoms with Crippen molar-refractivity contribution in [3.63, 3.8) is 0 Å². The van der Waals surface area contributed by atoms with E-state index in [-0.39, 0.29) is 0 Å². The standard InChI is InChI=1S/C9H11Cl3/c1-2-3-4-6-5-7(10)9(12)8(6)11/h2-5H2,1H3. The molecule has 0 saturated carbocycles. The predicted octanol–water partition coefficient (Wildman–Crippen LogP) is 4.76. The van der Waals surface area contributed by atoms with Crippen LogP contribution in [0.1, 0.15) is 32.6 Å². The number of hydrogen-bond donors (Lipinski definition) is 0. The molecule has 0 unspecified atom stereocenters. The number of hydrogen-bond acceptors (Lipinski definition) is 0. The van der Waals surface area contributed by atoms with E-state index in [2.05, 4.69) is 6.92 Å². The molecule has 68 valence electrons. The van der Waals surface area contributed by atoms with Gasteiger partial charge in [0, 0.05) is 11.5 Å². The molecule has 0 N–H and O–H groups in total. The van der Waals surface area contributed by atoms with Crippen LogP contribution in [0.3, 0.4) is 0 Å². The first-order valence-electron chi connectivity index (χ1n) is 4.08. The van der Waals surface area contributed by atoms with Crippen LogP contribution in [0.25, 0.3) is 0 Å². The lowest BCUT2D eigenvalue weighted by Gasteiger charge is -2.00. The second-order valence-electron chi connectivity index (χ2n) is 2.92. The van der Waals surface area contributed by atoms with E-state index in [0.29, 0.717) is 15.1 Å². The van der Waals surface area contributed by atoms with Gasteiger partial charge in [-0.3, -0.25) is 0 Å². The average Bonchev–Trinajstić information content (AvgIpc) is 2.30. The van der Waals surface area contributed by atoms with Gasteiger partial charge in [0.05, 0.1) is 10.1 Å². The number of halogens is 3. The minimum absolute atomic E-state index is 0.546. The highest BCUT2D eigenvalue weighted by molar-refractivity contribution is 6.49. The van der Waals surface area contributed by atoms with Gasteiger partial charge in [-0.05, 0) is 18.4 Å². The van der Waals surface area contributed by atoms with E-state index in [4.69, 9.17) is 34.8 Å². The zero-order valence-electron chi connectivity index (χ0n) is 6.96. The monoisotopic (exact) mass is 224 g/mol. The molecule has 0 bridgehead atoms. The summed E-state index contributed by atoms with van der Waals surface area (Å²) in [5.41, 5.74) is 1.19. The highest BCUT2D eigenvalue weighted by Gasteiger charge is 2.19. The van der Waals surface area contributed by atoms with Crippen molar-refractivity contribution in [3.05, 3.63) is 20.7 Å². The van der Waals surface area contributed by atoms with E-state index >= 15 is 0 Å². The Morgan fingerprint density at radius 1 is 1.17 bits per heavy atom. The van der Waals surface area contributed by atoms with Crippen LogP contribution in [-0.4, -0.2) is 0 Å². The Labute approximate surface area is 88.2 Å². The summed E-state index contributed by atoms with van der Waals surface area (Å²) in [6.45, 7) is 2.15. The molecule has 0 atom stereocenters. The SMILES string of the molecule is CCCCC1=C(Cl)C(Cl)=C(Cl)C1. The van der Waals surface area contributed by atoms with Crippen LogP contribution in [0.5, 0.6) is 0 Å². The van der Waals surface area contributed by atoms with Crippen molar-refractivity contribution in [3.8, 4) is 0 Å². The molecule has 0 heterocycles. The summed E-state index contributed by atoms with van der Waals surface area (Å²) < 4.78 is 0. The molecule has 3 heteroatoms. The average molecular weight is 226 g/mol. The molecule has 0 nitrogen and oxygen atoms in total. The lowest BCUT2D eigenvalue weighted by atomic mass is 10.1. The minimum Gasteiger partial charge on any atom is -0.0871 e. The van der Waals surface area contributed by atoms with E-state index in [9.17, 15) is 0 Å². The molecule has 0 aromatic rings. The maximum absolute atomic E-state index is 5.96. The normalized spacial score (nSPS) is 18.0. The summed E-state index contributed by atoms with van der Waals surface area (Å²) in [4.78, 5) is 0. The molecule has 0 spiro atoms. The van der Waals surface area contributed by atoms with E-state index in [1.807, 2.05) is 0 Å². The van der Waals surface area contributed by atoms with Crippen LogP contribution >= 0.6 is 34.8 Å². The Bertz CT molecular complexity index is 238. The van der Waals surface area contributed by atoms with E-state index in [1.165, 1.54) is 12.0 Å². The maximum Gasteiger partial charge on any atom is 0.0740 e. The predicted molar refractivity (Wildman–Crippen MR) is 55.8 cm³/mol. The molecule has 0 aromatic carbocycles. The zero-order valence-corrected chi connectivity index (χ0v) is 9.23. The van der Waals surface area contributed by atoms with Gasteiger partial charge in [-0.15, -0.1) is 0 Å². The first kappa shape index (κ1) is 10.4. The van der Waals surface area contributed by atoms with Gasteiger partial charge < -0.3 is 0 Å². The molecule has 1 rings (SSSR count). The van der Waals surface area contributed by atoms with Crippen molar-refractivity contribution in [2.75, 3.05) is 0 Å². The van der Waals surface area contributed by atoms with E-state index < -0.39 is 0 Å². The molecule has 0 saturated heterocycles. The third-order valence-electron chi connectivity index (χ3n) is 1.94. The third-order valence-corrected chi connectivity index (χ3v) is 3.33. The Kier molecular flexibility index (Phi) is 3.95. The van der Waals surface area contributed by atoms with Crippen LogP contribution in [0.15, 0.2) is 20.7 Å². The van der Waals surface area contributed by atoms with Gasteiger partial charge in [0.25, 0.3) is 0 Å². The van der Waals surface area contributed by atoms with Crippen molar-refractivity contribution in [1.29, 1.82) is 0 Å². The summed E-state index contributed by atoms with van der Waals surface area (Å²) in [7, 11) is 0. The number of rotatable bonds is 3. The van der Waals surface area contributed by atoms with Crippen LogP contribution < -0.4 is 0 Å². The van der Waals surface area contributed by atoms with Crippen molar-refractivity contribution in [2.24, 2.45) is 0 Å². The molecule has 1 aliphatic rings. The Morgan fingerprint density at radius 2 is 1.83 bits per heavy atom. The van der Waals surface area contributed by atoms with Gasteiger partial charge in [0.1, 0.15) is 0 Å². The van der Waals surface area contributed by atoms with E-state index in [0.717, 1.165) is 19.3 Å². The topological polar surface area (TPSA) is 0 Å². The van der Waals surface area contributed by atoms with Gasteiger partial charge in [-0.2, -0.15) is 0 Å². The van der Waals surface area contributed by atoms with Crippen LogP contribution in [-0.2, 0) is 0 Å². The van der Waals surface area contributed by atoms with Crippen molar-refractivity contribution >= 4 is 34.8 Å². The van der Waals surface area contributed by atoms with Gasteiger partial charge in [0.2, 0.25) is 0 Å². The molecule has 0 aliphatic heterocycles. The third kappa shape index (κ3) is 2.18. The number of unbranched alkanes of at least 4 members (excludes halogenated alkanes) is 1. The highest BCUT2D eigenvalue weighted by atomic mass is 35.5. The van der Waals surface area contributed by atoms with E-state index in [1.54, 1.807) is 0 Å². The van der Waals surface area contributed by atoms with Gasteiger partial charge in [0.15, 0.2) is 0 Å². The highest BCUT2D eigenvalue weighted by Crippen LogP contribution is 2.40. The Morgan fingerprint density at radius 3 is 2.25 bits per heavy atom. The van der Waals surface area contributed by atoms with Gasteiger partial charge in [-0.25, -0.2) is 0 Å². The molecular formula is C9H11Cl3. The molecule has 0 aromatic heterocycles. The summed E-state index contributed by atoms with van der Waals surface area (Å²) in [6.07, 6.45) is 4.09. The lowest BCUT2D eigenvalue weighted by molar-refractivity contribution is 0.777. The van der Waals surface area contributed by atoms with Crippen LogP contribution in [0.2, 0.25) is 0 Å². The zero-order chi connectivity index (χ0) is 9.14. The minimum atomic E-state index is 0.546.